The summed E-state index contributed by atoms with van der Waals surface area (Å²) >= 11 is 0. The van der Waals surface area contributed by atoms with Crippen molar-refractivity contribution in [1.29, 1.82) is 0 Å². The van der Waals surface area contributed by atoms with Gasteiger partial charge in [0.1, 0.15) is 6.61 Å². The number of esters is 2. The van der Waals surface area contributed by atoms with Gasteiger partial charge in [-0.25, -0.2) is 0 Å². The molecule has 0 aliphatic rings. The van der Waals surface area contributed by atoms with Crippen LogP contribution in [0.4, 0.5) is 0 Å². The predicted molar refractivity (Wildman–Crippen MR) is 116 cm³/mol. The molecule has 0 aromatic carbocycles. The monoisotopic (exact) mass is 396 g/mol. The third-order valence-corrected chi connectivity index (χ3v) is 4.85. The standard InChI is InChI=1S/C24H44O4/c1-3-5-7-8-9-12-15-18-22-28-24(26)20-17-14-11-10-13-16-19-23(25)27-21-6-4-2/h4,6H,3,5,7-22H2,1-2H3/b6-4+. The molecule has 0 saturated carbocycles. The van der Waals surface area contributed by atoms with E-state index < -0.39 is 0 Å². The zero-order valence-corrected chi connectivity index (χ0v) is 18.5. The summed E-state index contributed by atoms with van der Waals surface area (Å²) in [6.07, 6.45) is 20.9. The van der Waals surface area contributed by atoms with Crippen LogP contribution in [-0.4, -0.2) is 25.2 Å². The zero-order valence-electron chi connectivity index (χ0n) is 18.5. The van der Waals surface area contributed by atoms with Crippen LogP contribution in [0, 0.1) is 0 Å². The van der Waals surface area contributed by atoms with E-state index in [-0.39, 0.29) is 11.9 Å². The van der Waals surface area contributed by atoms with Gasteiger partial charge in [-0.05, 0) is 26.2 Å². The summed E-state index contributed by atoms with van der Waals surface area (Å²) in [5, 5.41) is 0. The van der Waals surface area contributed by atoms with Crippen molar-refractivity contribution < 1.29 is 19.1 Å². The fourth-order valence-electron chi connectivity index (χ4n) is 3.05. The molecule has 0 aliphatic carbocycles. The lowest BCUT2D eigenvalue weighted by Crippen LogP contribution is -2.05. The van der Waals surface area contributed by atoms with Crippen molar-refractivity contribution in [2.75, 3.05) is 13.2 Å². The van der Waals surface area contributed by atoms with Gasteiger partial charge in [0.2, 0.25) is 0 Å². The summed E-state index contributed by atoms with van der Waals surface area (Å²) in [7, 11) is 0. The highest BCUT2D eigenvalue weighted by Gasteiger charge is 2.03. The first-order valence-corrected chi connectivity index (χ1v) is 11.6. The van der Waals surface area contributed by atoms with Gasteiger partial charge < -0.3 is 9.47 Å². The maximum Gasteiger partial charge on any atom is 0.306 e. The van der Waals surface area contributed by atoms with Crippen molar-refractivity contribution in [2.24, 2.45) is 0 Å². The van der Waals surface area contributed by atoms with Crippen LogP contribution >= 0.6 is 0 Å². The molecular formula is C24H44O4. The van der Waals surface area contributed by atoms with Crippen molar-refractivity contribution in [1.82, 2.24) is 0 Å². The molecule has 0 bridgehead atoms. The van der Waals surface area contributed by atoms with Crippen molar-refractivity contribution >= 4 is 11.9 Å². The van der Waals surface area contributed by atoms with Gasteiger partial charge in [-0.15, -0.1) is 0 Å². The maximum absolute atomic E-state index is 11.7. The summed E-state index contributed by atoms with van der Waals surface area (Å²) in [5.41, 5.74) is 0. The Kier molecular flexibility index (Phi) is 20.9. The van der Waals surface area contributed by atoms with Gasteiger partial charge >= 0.3 is 11.9 Å². The smallest absolute Gasteiger partial charge is 0.306 e. The molecule has 0 heterocycles. The number of hydrogen-bond donors (Lipinski definition) is 0. The molecule has 0 aromatic rings. The second-order valence-corrected chi connectivity index (χ2v) is 7.57. The third-order valence-electron chi connectivity index (χ3n) is 4.85. The summed E-state index contributed by atoms with van der Waals surface area (Å²) in [4.78, 5) is 23.1. The molecule has 0 spiro atoms. The summed E-state index contributed by atoms with van der Waals surface area (Å²) in [5.74, 6) is -0.163. The predicted octanol–water partition coefficient (Wildman–Crippen LogP) is 6.91. The molecule has 164 valence electrons. The zero-order chi connectivity index (χ0) is 20.7. The molecule has 0 atom stereocenters. The summed E-state index contributed by atoms with van der Waals surface area (Å²) in [6, 6.07) is 0. The number of hydrogen-bond acceptors (Lipinski definition) is 4. The van der Waals surface area contributed by atoms with Crippen molar-refractivity contribution in [3.05, 3.63) is 12.2 Å². The van der Waals surface area contributed by atoms with E-state index in [0.29, 0.717) is 26.1 Å². The lowest BCUT2D eigenvalue weighted by atomic mass is 10.1. The van der Waals surface area contributed by atoms with Crippen LogP contribution < -0.4 is 0 Å². The molecule has 0 unspecified atom stereocenters. The Bertz CT molecular complexity index is 390. The largest absolute Gasteiger partial charge is 0.466 e. The van der Waals surface area contributed by atoms with E-state index in [2.05, 4.69) is 6.92 Å². The highest BCUT2D eigenvalue weighted by Crippen LogP contribution is 2.11. The number of carbonyl (C=O) groups is 2. The van der Waals surface area contributed by atoms with Gasteiger partial charge in [0.25, 0.3) is 0 Å². The number of unbranched alkanes of at least 4 members (excludes halogenated alkanes) is 12. The topological polar surface area (TPSA) is 52.6 Å². The van der Waals surface area contributed by atoms with Gasteiger partial charge in [0.05, 0.1) is 6.61 Å². The Balaban J connectivity index is 3.25. The van der Waals surface area contributed by atoms with Crippen LogP contribution in [0.1, 0.15) is 117 Å². The molecule has 28 heavy (non-hydrogen) atoms. The maximum atomic E-state index is 11.7. The number of carbonyl (C=O) groups excluding carboxylic acids is 2. The molecule has 0 fully saturated rings. The van der Waals surface area contributed by atoms with Gasteiger partial charge in [0, 0.05) is 12.8 Å². The first kappa shape index (κ1) is 26.7. The molecule has 0 radical (unpaired) electrons. The minimum Gasteiger partial charge on any atom is -0.466 e. The molecular weight excluding hydrogens is 352 g/mol. The Morgan fingerprint density at radius 3 is 1.64 bits per heavy atom. The minimum absolute atomic E-state index is 0.0492. The van der Waals surface area contributed by atoms with Crippen molar-refractivity contribution in [2.45, 2.75) is 117 Å². The lowest BCUT2D eigenvalue weighted by Gasteiger charge is -2.05. The molecule has 4 nitrogen and oxygen atoms in total. The van der Waals surface area contributed by atoms with E-state index in [0.717, 1.165) is 44.9 Å². The third kappa shape index (κ3) is 21.0. The van der Waals surface area contributed by atoms with Gasteiger partial charge in [-0.3, -0.25) is 9.59 Å². The first-order chi connectivity index (χ1) is 13.7. The van der Waals surface area contributed by atoms with E-state index in [4.69, 9.17) is 9.47 Å². The van der Waals surface area contributed by atoms with Crippen LogP contribution in [0.5, 0.6) is 0 Å². The Hall–Kier alpha value is -1.32. The second-order valence-electron chi connectivity index (χ2n) is 7.57. The van der Waals surface area contributed by atoms with Crippen molar-refractivity contribution in [3.63, 3.8) is 0 Å². The first-order valence-electron chi connectivity index (χ1n) is 11.6. The molecule has 0 amide bonds. The fraction of sp³-hybridized carbons (Fsp3) is 0.833. The van der Waals surface area contributed by atoms with Crippen LogP contribution in [0.15, 0.2) is 12.2 Å². The van der Waals surface area contributed by atoms with Gasteiger partial charge in [-0.2, -0.15) is 0 Å². The molecule has 0 N–H and O–H groups in total. The summed E-state index contributed by atoms with van der Waals surface area (Å²) in [6.45, 7) is 5.11. The van der Waals surface area contributed by atoms with Crippen LogP contribution in [-0.2, 0) is 19.1 Å². The molecule has 0 aromatic heterocycles. The fourth-order valence-corrected chi connectivity index (χ4v) is 3.05. The van der Waals surface area contributed by atoms with Crippen LogP contribution in [0.2, 0.25) is 0 Å². The molecule has 4 heteroatoms. The van der Waals surface area contributed by atoms with E-state index in [1.165, 1.54) is 44.9 Å². The highest BCUT2D eigenvalue weighted by molar-refractivity contribution is 5.69. The molecule has 0 aliphatic heterocycles. The average molecular weight is 397 g/mol. The van der Waals surface area contributed by atoms with Gasteiger partial charge in [-0.1, -0.05) is 89.7 Å². The minimum atomic E-state index is -0.114. The Morgan fingerprint density at radius 2 is 1.11 bits per heavy atom. The normalized spacial score (nSPS) is 11.1. The van der Waals surface area contributed by atoms with Crippen LogP contribution in [0.3, 0.4) is 0 Å². The Labute approximate surface area is 173 Å². The van der Waals surface area contributed by atoms with E-state index in [9.17, 15) is 9.59 Å². The number of ether oxygens (including phenoxy) is 2. The molecule has 0 rings (SSSR count). The van der Waals surface area contributed by atoms with Crippen LogP contribution in [0.25, 0.3) is 0 Å². The van der Waals surface area contributed by atoms with E-state index >= 15 is 0 Å². The van der Waals surface area contributed by atoms with E-state index in [1.807, 2.05) is 19.1 Å². The summed E-state index contributed by atoms with van der Waals surface area (Å²) < 4.78 is 10.4. The van der Waals surface area contributed by atoms with Gasteiger partial charge in [0.15, 0.2) is 0 Å². The lowest BCUT2D eigenvalue weighted by molar-refractivity contribution is -0.144. The highest BCUT2D eigenvalue weighted by atomic mass is 16.5. The number of rotatable bonds is 20. The van der Waals surface area contributed by atoms with Crippen molar-refractivity contribution in [3.8, 4) is 0 Å². The number of allylic oxidation sites excluding steroid dienone is 1. The second kappa shape index (κ2) is 22.0. The molecule has 0 saturated heterocycles. The Morgan fingerprint density at radius 1 is 0.643 bits per heavy atom. The average Bonchev–Trinajstić information content (AvgIpc) is 2.69. The van der Waals surface area contributed by atoms with E-state index in [1.54, 1.807) is 0 Å². The SMILES string of the molecule is C/C=C/COC(=O)CCCCCCCCC(=O)OCCCCCCCCCC. The quantitative estimate of drug-likeness (QED) is 0.127.